The second kappa shape index (κ2) is 7.90. The van der Waals surface area contributed by atoms with Crippen LogP contribution in [0.15, 0.2) is 40.9 Å². The fourth-order valence-corrected chi connectivity index (χ4v) is 2.44. The minimum atomic E-state index is -0.675. The maximum absolute atomic E-state index is 11.9. The summed E-state index contributed by atoms with van der Waals surface area (Å²) in [6, 6.07) is 7.61. The highest BCUT2D eigenvalue weighted by Crippen LogP contribution is 2.30. The van der Waals surface area contributed by atoms with Crippen molar-refractivity contribution in [1.29, 1.82) is 0 Å². The van der Waals surface area contributed by atoms with Gasteiger partial charge in [-0.05, 0) is 34.1 Å². The fraction of sp³-hybridized carbons (Fsp3) is 0.0714. The van der Waals surface area contributed by atoms with E-state index in [1.807, 2.05) is 0 Å². The van der Waals surface area contributed by atoms with Crippen LogP contribution in [0.1, 0.15) is 0 Å². The highest BCUT2D eigenvalue weighted by molar-refractivity contribution is 9.10. The average Bonchev–Trinajstić information content (AvgIpc) is 2.55. The Morgan fingerprint density at radius 1 is 1.16 bits per heavy atom. The van der Waals surface area contributed by atoms with Gasteiger partial charge in [-0.15, -0.1) is 0 Å². The van der Waals surface area contributed by atoms with Gasteiger partial charge in [-0.2, -0.15) is 0 Å². The smallest absolute Gasteiger partial charge is 0.312 e. The first-order chi connectivity index (χ1) is 11.8. The summed E-state index contributed by atoms with van der Waals surface area (Å²) in [5.41, 5.74) is -0.209. The lowest BCUT2D eigenvalue weighted by atomic mass is 10.3. The SMILES string of the molecule is O=C(COc1ccc(Cl)cc1[N+](=O)[O-])Nc1ccc([N+](=O)[O-])cc1Br. The molecule has 0 fully saturated rings. The molecule has 1 amide bonds. The predicted octanol–water partition coefficient (Wildman–Crippen LogP) is 3.94. The standard InChI is InChI=1S/C14H9BrClN3O6/c15-10-6-9(18(21)22)2-3-11(10)17-14(20)7-25-13-4-1-8(16)5-12(13)19(23)24/h1-6H,7H2,(H,17,20). The molecule has 2 aromatic carbocycles. The van der Waals surface area contributed by atoms with Crippen molar-refractivity contribution in [1.82, 2.24) is 0 Å². The van der Waals surface area contributed by atoms with E-state index in [0.717, 1.165) is 6.07 Å². The van der Waals surface area contributed by atoms with E-state index in [0.29, 0.717) is 10.2 Å². The van der Waals surface area contributed by atoms with E-state index in [4.69, 9.17) is 16.3 Å². The van der Waals surface area contributed by atoms with Crippen molar-refractivity contribution in [3.05, 3.63) is 66.1 Å². The second-order valence-electron chi connectivity index (χ2n) is 4.63. The highest BCUT2D eigenvalue weighted by Gasteiger charge is 2.17. The Balaban J connectivity index is 2.04. The first-order valence-electron chi connectivity index (χ1n) is 6.58. The number of hydrogen-bond donors (Lipinski definition) is 1. The summed E-state index contributed by atoms with van der Waals surface area (Å²) in [4.78, 5) is 32.3. The largest absolute Gasteiger partial charge is 0.477 e. The highest BCUT2D eigenvalue weighted by atomic mass is 79.9. The minimum Gasteiger partial charge on any atom is -0.477 e. The summed E-state index contributed by atoms with van der Waals surface area (Å²) >= 11 is 8.81. The van der Waals surface area contributed by atoms with E-state index in [-0.39, 0.29) is 22.1 Å². The quantitative estimate of drug-likeness (QED) is 0.547. The van der Waals surface area contributed by atoms with Crippen LogP contribution < -0.4 is 10.1 Å². The third-order valence-corrected chi connectivity index (χ3v) is 3.81. The number of nitro benzene ring substituents is 2. The number of non-ortho nitro benzene ring substituents is 1. The zero-order valence-electron chi connectivity index (χ0n) is 12.3. The lowest BCUT2D eigenvalue weighted by molar-refractivity contribution is -0.385. The molecule has 0 saturated carbocycles. The maximum atomic E-state index is 11.9. The summed E-state index contributed by atoms with van der Waals surface area (Å²) in [5.74, 6) is -0.703. The van der Waals surface area contributed by atoms with Crippen LogP contribution in [0.5, 0.6) is 5.75 Å². The first kappa shape index (κ1) is 18.6. The van der Waals surface area contributed by atoms with Crippen LogP contribution in [0.2, 0.25) is 5.02 Å². The number of carbonyl (C=O) groups excluding carboxylic acids is 1. The molecular formula is C14H9BrClN3O6. The molecule has 0 aliphatic carbocycles. The van der Waals surface area contributed by atoms with Crippen molar-refractivity contribution in [2.24, 2.45) is 0 Å². The minimum absolute atomic E-state index is 0.104. The normalized spacial score (nSPS) is 10.2. The van der Waals surface area contributed by atoms with Crippen molar-refractivity contribution in [2.75, 3.05) is 11.9 Å². The molecule has 0 heterocycles. The molecule has 0 spiro atoms. The third-order valence-electron chi connectivity index (χ3n) is 2.91. The van der Waals surface area contributed by atoms with Gasteiger partial charge in [0.2, 0.25) is 0 Å². The van der Waals surface area contributed by atoms with Gasteiger partial charge in [0, 0.05) is 27.7 Å². The number of amides is 1. The Morgan fingerprint density at radius 3 is 2.48 bits per heavy atom. The molecule has 1 N–H and O–H groups in total. The van der Waals surface area contributed by atoms with Gasteiger partial charge >= 0.3 is 5.69 Å². The number of ether oxygens (including phenoxy) is 1. The number of nitro groups is 2. The molecule has 0 aliphatic rings. The van der Waals surface area contributed by atoms with Crippen LogP contribution in [0, 0.1) is 20.2 Å². The summed E-state index contributed by atoms with van der Waals surface area (Å²) in [5, 5.41) is 24.3. The molecule has 0 bridgehead atoms. The van der Waals surface area contributed by atoms with Crippen molar-refractivity contribution in [2.45, 2.75) is 0 Å². The van der Waals surface area contributed by atoms with Gasteiger partial charge in [-0.3, -0.25) is 25.0 Å². The first-order valence-corrected chi connectivity index (χ1v) is 7.75. The van der Waals surface area contributed by atoms with Gasteiger partial charge < -0.3 is 10.1 Å². The van der Waals surface area contributed by atoms with Crippen LogP contribution >= 0.6 is 27.5 Å². The van der Waals surface area contributed by atoms with Crippen LogP contribution in [0.3, 0.4) is 0 Å². The lowest BCUT2D eigenvalue weighted by Gasteiger charge is -2.09. The number of anilines is 1. The van der Waals surface area contributed by atoms with Crippen LogP contribution in [0.25, 0.3) is 0 Å². The zero-order chi connectivity index (χ0) is 18.6. The van der Waals surface area contributed by atoms with E-state index >= 15 is 0 Å². The molecule has 2 aromatic rings. The van der Waals surface area contributed by atoms with Gasteiger partial charge in [0.25, 0.3) is 11.6 Å². The lowest BCUT2D eigenvalue weighted by Crippen LogP contribution is -2.20. The van der Waals surface area contributed by atoms with Gasteiger partial charge in [-0.1, -0.05) is 11.6 Å². The van der Waals surface area contributed by atoms with E-state index < -0.39 is 22.4 Å². The number of hydrogen-bond acceptors (Lipinski definition) is 6. The second-order valence-corrected chi connectivity index (χ2v) is 5.92. The topological polar surface area (TPSA) is 125 Å². The number of halogens is 2. The molecule has 130 valence electrons. The Bertz CT molecular complexity index is 860. The monoisotopic (exact) mass is 429 g/mol. The number of benzene rings is 2. The maximum Gasteiger partial charge on any atom is 0.312 e. The van der Waals surface area contributed by atoms with E-state index in [1.165, 1.54) is 30.3 Å². The number of nitrogens with one attached hydrogen (secondary N) is 1. The van der Waals surface area contributed by atoms with Crippen LogP contribution in [0.4, 0.5) is 17.1 Å². The average molecular weight is 431 g/mol. The van der Waals surface area contributed by atoms with Crippen molar-refractivity contribution in [3.8, 4) is 5.75 Å². The summed E-state index contributed by atoms with van der Waals surface area (Å²) in [6.07, 6.45) is 0. The Labute approximate surface area is 154 Å². The molecule has 0 radical (unpaired) electrons. The van der Waals surface area contributed by atoms with Gasteiger partial charge in [0.1, 0.15) is 0 Å². The third kappa shape index (κ3) is 4.88. The number of rotatable bonds is 6. The van der Waals surface area contributed by atoms with Crippen molar-refractivity contribution < 1.29 is 19.4 Å². The van der Waals surface area contributed by atoms with Gasteiger partial charge in [-0.25, -0.2) is 0 Å². The Morgan fingerprint density at radius 2 is 1.88 bits per heavy atom. The van der Waals surface area contributed by atoms with E-state index in [9.17, 15) is 25.0 Å². The van der Waals surface area contributed by atoms with Crippen molar-refractivity contribution in [3.63, 3.8) is 0 Å². The van der Waals surface area contributed by atoms with E-state index in [2.05, 4.69) is 21.2 Å². The van der Waals surface area contributed by atoms with Crippen LogP contribution in [-0.2, 0) is 4.79 Å². The summed E-state index contributed by atoms with van der Waals surface area (Å²) in [7, 11) is 0. The summed E-state index contributed by atoms with van der Waals surface area (Å²) < 4.78 is 5.47. The molecule has 0 saturated heterocycles. The molecule has 25 heavy (non-hydrogen) atoms. The van der Waals surface area contributed by atoms with Gasteiger partial charge in [0.05, 0.1) is 15.5 Å². The van der Waals surface area contributed by atoms with Crippen LogP contribution in [-0.4, -0.2) is 22.4 Å². The molecular weight excluding hydrogens is 422 g/mol. The van der Waals surface area contributed by atoms with E-state index in [1.54, 1.807) is 0 Å². The van der Waals surface area contributed by atoms with Crippen molar-refractivity contribution >= 4 is 50.5 Å². The Kier molecular flexibility index (Phi) is 5.88. The molecule has 0 aromatic heterocycles. The van der Waals surface area contributed by atoms with Gasteiger partial charge in [0.15, 0.2) is 12.4 Å². The molecule has 9 nitrogen and oxygen atoms in total. The Hall–Kier alpha value is -2.72. The molecule has 11 heteroatoms. The molecule has 0 unspecified atom stereocenters. The molecule has 0 aliphatic heterocycles. The predicted molar refractivity (Wildman–Crippen MR) is 93.0 cm³/mol. The summed E-state index contributed by atoms with van der Waals surface area (Å²) in [6.45, 7) is -0.494. The zero-order valence-corrected chi connectivity index (χ0v) is 14.6. The number of nitrogens with zero attached hydrogens (tertiary/aromatic N) is 2. The molecule has 0 atom stereocenters. The number of carbonyl (C=O) groups is 1. The molecule has 2 rings (SSSR count). The fourth-order valence-electron chi connectivity index (χ4n) is 1.80.